The highest BCUT2D eigenvalue weighted by Crippen LogP contribution is 2.69. The smallest absolute Gasteiger partial charge is 0.177 e. The van der Waals surface area contributed by atoms with Crippen LogP contribution >= 0.6 is 34.8 Å². The number of nitrogen functional groups attached to an aromatic ring is 3. The van der Waals surface area contributed by atoms with Crippen molar-refractivity contribution in [3.05, 3.63) is 86.9 Å². The number of nitrogens with two attached hydrogens (primary N) is 3. The molecule has 0 radical (unpaired) electrons. The number of ether oxygens (including phenoxy) is 3. The van der Waals surface area contributed by atoms with Crippen molar-refractivity contribution in [2.24, 2.45) is 35.5 Å². The first-order chi connectivity index (χ1) is 25.5. The van der Waals surface area contributed by atoms with Gasteiger partial charge in [0, 0.05) is 31.6 Å². The lowest BCUT2D eigenvalue weighted by molar-refractivity contribution is -0.0107. The number of anilines is 3. The normalized spacial score (nSPS) is 31.9. The summed E-state index contributed by atoms with van der Waals surface area (Å²) < 4.78 is 21.5. The zero-order chi connectivity index (χ0) is 36.2. The molecule has 4 aromatic rings. The zero-order valence-electron chi connectivity index (χ0n) is 29.8. The van der Waals surface area contributed by atoms with E-state index in [2.05, 4.69) is 6.07 Å². The van der Waals surface area contributed by atoms with Gasteiger partial charge in [-0.15, -0.1) is 0 Å². The molecule has 0 unspecified atom stereocenters. The van der Waals surface area contributed by atoms with E-state index in [1.54, 1.807) is 18.2 Å². The highest BCUT2D eigenvalue weighted by atomic mass is 35.5. The lowest BCUT2D eigenvalue weighted by atomic mass is 9.46. The van der Waals surface area contributed by atoms with Gasteiger partial charge in [-0.2, -0.15) is 0 Å². The summed E-state index contributed by atoms with van der Waals surface area (Å²) >= 11 is 19.3. The van der Waals surface area contributed by atoms with Crippen LogP contribution in [-0.4, -0.2) is 0 Å². The Morgan fingerprint density at radius 3 is 1.19 bits per heavy atom. The summed E-state index contributed by atoms with van der Waals surface area (Å²) in [5.41, 5.74) is 23.4. The zero-order valence-corrected chi connectivity index (χ0v) is 32.1. The van der Waals surface area contributed by atoms with Gasteiger partial charge in [-0.1, -0.05) is 34.8 Å². The second-order valence-corrected chi connectivity index (χ2v) is 19.0. The van der Waals surface area contributed by atoms with E-state index in [0.717, 1.165) is 49.8 Å². The Morgan fingerprint density at radius 1 is 0.434 bits per heavy atom. The van der Waals surface area contributed by atoms with Crippen LogP contribution < -0.4 is 31.4 Å². The predicted octanol–water partition coefficient (Wildman–Crippen LogP) is 12.7. The minimum absolute atomic E-state index is 0.0657. The Labute approximate surface area is 326 Å². The molecule has 4 aromatic carbocycles. The lowest BCUT2D eigenvalue weighted by Crippen LogP contribution is -2.50. The standard InChI is InChI=1S/C44H46Cl3N3O3/c45-29-1-4-36(33(48)13-29)51-39-16-32(43-17-23-7-24(18-43)9-25(8-23)19-43)41(52-37-5-2-30(46)14-34(37)49)40(42(39)53-38-6-3-31(47)15-35(38)50)44-20-26-10-27(21-44)12-28(11-26)22-44/h1-6,13-16,23-28H,7-12,17-22,48-50H2. The minimum atomic E-state index is -0.191. The molecule has 276 valence electrons. The maximum Gasteiger partial charge on any atom is 0.177 e. The molecule has 8 aliphatic rings. The van der Waals surface area contributed by atoms with Crippen LogP contribution in [0.2, 0.25) is 15.1 Å². The van der Waals surface area contributed by atoms with Crippen molar-refractivity contribution in [2.45, 2.75) is 87.9 Å². The highest BCUT2D eigenvalue weighted by molar-refractivity contribution is 6.31. The van der Waals surface area contributed by atoms with Crippen LogP contribution in [0.25, 0.3) is 0 Å². The summed E-state index contributed by atoms with van der Waals surface area (Å²) in [5.74, 6) is 7.82. The summed E-state index contributed by atoms with van der Waals surface area (Å²) in [6.07, 6.45) is 14.5. The van der Waals surface area contributed by atoms with Crippen molar-refractivity contribution in [3.63, 3.8) is 0 Å². The SMILES string of the molecule is Nc1cc(Cl)ccc1Oc1cc(C23CC4CC(CC(C4)C2)C3)c(Oc2ccc(Cl)cc2N)c(C23CC4CC(CC(C4)C2)C3)c1Oc1ccc(Cl)cc1N. The van der Waals surface area contributed by atoms with Crippen molar-refractivity contribution in [1.82, 2.24) is 0 Å². The second kappa shape index (κ2) is 12.5. The second-order valence-electron chi connectivity index (χ2n) is 17.7. The van der Waals surface area contributed by atoms with Gasteiger partial charge in [-0.3, -0.25) is 0 Å². The Hall–Kier alpha value is -3.45. The molecule has 0 atom stereocenters. The average Bonchev–Trinajstić information content (AvgIpc) is 3.08. The van der Waals surface area contributed by atoms with Crippen LogP contribution in [0.15, 0.2) is 60.7 Å². The maximum absolute atomic E-state index is 7.36. The van der Waals surface area contributed by atoms with Gasteiger partial charge in [0.15, 0.2) is 23.0 Å². The van der Waals surface area contributed by atoms with E-state index < -0.39 is 0 Å². The van der Waals surface area contributed by atoms with Crippen molar-refractivity contribution in [3.8, 4) is 34.5 Å². The van der Waals surface area contributed by atoms with Crippen LogP contribution in [0, 0.1) is 35.5 Å². The molecule has 8 bridgehead atoms. The van der Waals surface area contributed by atoms with E-state index in [1.807, 2.05) is 36.4 Å². The Kier molecular flexibility index (Phi) is 8.06. The molecule has 8 fully saturated rings. The molecule has 8 saturated carbocycles. The van der Waals surface area contributed by atoms with Gasteiger partial charge in [-0.05, 0) is 179 Å². The van der Waals surface area contributed by atoms with Gasteiger partial charge >= 0.3 is 0 Å². The molecule has 6 N–H and O–H groups in total. The van der Waals surface area contributed by atoms with E-state index in [0.29, 0.717) is 96.4 Å². The number of hydrogen-bond acceptors (Lipinski definition) is 6. The van der Waals surface area contributed by atoms with Gasteiger partial charge in [0.25, 0.3) is 0 Å². The van der Waals surface area contributed by atoms with E-state index >= 15 is 0 Å². The van der Waals surface area contributed by atoms with Gasteiger partial charge in [-0.25, -0.2) is 0 Å². The Morgan fingerprint density at radius 2 is 0.792 bits per heavy atom. The van der Waals surface area contributed by atoms with Gasteiger partial charge < -0.3 is 31.4 Å². The quantitative estimate of drug-likeness (QED) is 0.154. The van der Waals surface area contributed by atoms with Crippen LogP contribution in [0.4, 0.5) is 17.1 Å². The fraction of sp³-hybridized carbons (Fsp3) is 0.455. The Bertz CT molecular complexity index is 2060. The number of benzene rings is 4. The molecule has 53 heavy (non-hydrogen) atoms. The number of rotatable bonds is 8. The van der Waals surface area contributed by atoms with Gasteiger partial charge in [0.2, 0.25) is 0 Å². The van der Waals surface area contributed by atoms with E-state index in [1.165, 1.54) is 44.1 Å². The average molecular weight is 771 g/mol. The highest BCUT2D eigenvalue weighted by Gasteiger charge is 2.57. The minimum Gasteiger partial charge on any atom is -0.454 e. The molecular formula is C44H46Cl3N3O3. The van der Waals surface area contributed by atoms with Crippen molar-refractivity contribution < 1.29 is 14.2 Å². The number of halogens is 3. The van der Waals surface area contributed by atoms with Crippen molar-refractivity contribution in [2.75, 3.05) is 17.2 Å². The van der Waals surface area contributed by atoms with Crippen LogP contribution in [-0.2, 0) is 10.8 Å². The summed E-state index contributed by atoms with van der Waals surface area (Å²) in [6.45, 7) is 0. The fourth-order valence-electron chi connectivity index (χ4n) is 12.8. The summed E-state index contributed by atoms with van der Waals surface area (Å²) in [6, 6.07) is 18.5. The van der Waals surface area contributed by atoms with Crippen LogP contribution in [0.1, 0.15) is 88.2 Å². The molecule has 6 nitrogen and oxygen atoms in total. The summed E-state index contributed by atoms with van der Waals surface area (Å²) in [4.78, 5) is 0. The monoisotopic (exact) mass is 769 g/mol. The van der Waals surface area contributed by atoms with Crippen molar-refractivity contribution in [1.29, 1.82) is 0 Å². The molecule has 0 amide bonds. The van der Waals surface area contributed by atoms with Crippen molar-refractivity contribution >= 4 is 51.9 Å². The third kappa shape index (κ3) is 5.90. The molecule has 0 heterocycles. The summed E-state index contributed by atoms with van der Waals surface area (Å²) in [7, 11) is 0. The molecular weight excluding hydrogens is 725 g/mol. The Balaban J connectivity index is 1.28. The molecule has 12 rings (SSSR count). The maximum atomic E-state index is 7.36. The van der Waals surface area contributed by atoms with E-state index in [9.17, 15) is 0 Å². The topological polar surface area (TPSA) is 106 Å². The molecule has 9 heteroatoms. The van der Waals surface area contributed by atoms with Crippen LogP contribution in [0.3, 0.4) is 0 Å². The molecule has 0 aromatic heterocycles. The fourth-order valence-corrected chi connectivity index (χ4v) is 13.4. The van der Waals surface area contributed by atoms with Gasteiger partial charge in [0.1, 0.15) is 11.5 Å². The first-order valence-electron chi connectivity index (χ1n) is 19.4. The lowest BCUT2D eigenvalue weighted by Gasteiger charge is -2.59. The molecule has 0 aliphatic heterocycles. The third-order valence-corrected chi connectivity index (χ3v) is 14.6. The van der Waals surface area contributed by atoms with Crippen LogP contribution in [0.5, 0.6) is 34.5 Å². The third-order valence-electron chi connectivity index (χ3n) is 13.9. The molecule has 0 saturated heterocycles. The molecule has 8 aliphatic carbocycles. The first-order valence-corrected chi connectivity index (χ1v) is 20.6. The first kappa shape index (κ1) is 34.1. The largest absolute Gasteiger partial charge is 0.454 e. The molecule has 0 spiro atoms. The predicted molar refractivity (Wildman–Crippen MR) is 214 cm³/mol. The van der Waals surface area contributed by atoms with E-state index in [4.69, 9.17) is 66.2 Å². The summed E-state index contributed by atoms with van der Waals surface area (Å²) in [5, 5.41) is 1.66. The van der Waals surface area contributed by atoms with Gasteiger partial charge in [0.05, 0.1) is 17.1 Å². The van der Waals surface area contributed by atoms with E-state index in [-0.39, 0.29) is 10.8 Å². The number of hydrogen-bond donors (Lipinski definition) is 3.